The molecule has 1 saturated heterocycles. The number of rotatable bonds is 8. The first-order valence-corrected chi connectivity index (χ1v) is 11.6. The van der Waals surface area contributed by atoms with Crippen molar-refractivity contribution in [3.63, 3.8) is 0 Å². The second kappa shape index (κ2) is 8.57. The van der Waals surface area contributed by atoms with Gasteiger partial charge in [0, 0.05) is 55.7 Å². The molecule has 0 spiro atoms. The SMILES string of the molecule is COCC1(F)CCN(C2C=C3C(c4cc(-c5cnc(N)c(OC(F)F)c5)nn4C(C)C)[C@@H]3C2)C1. The molecule has 34 heavy (non-hydrogen) atoms. The Kier molecular flexibility index (Phi) is 5.84. The highest BCUT2D eigenvalue weighted by molar-refractivity contribution is 5.65. The Morgan fingerprint density at radius 3 is 2.74 bits per heavy atom. The summed E-state index contributed by atoms with van der Waals surface area (Å²) in [6.45, 7) is 2.42. The lowest BCUT2D eigenvalue weighted by molar-refractivity contribution is -0.0494. The van der Waals surface area contributed by atoms with Crippen molar-refractivity contribution in [2.24, 2.45) is 5.92 Å². The average Bonchev–Trinajstić information content (AvgIpc) is 3.18. The molecule has 4 atom stereocenters. The highest BCUT2D eigenvalue weighted by atomic mass is 19.3. The van der Waals surface area contributed by atoms with Crippen LogP contribution in [-0.2, 0) is 4.74 Å². The van der Waals surface area contributed by atoms with Crippen LogP contribution in [0.15, 0.2) is 30.0 Å². The van der Waals surface area contributed by atoms with Gasteiger partial charge in [0.15, 0.2) is 11.6 Å². The maximum atomic E-state index is 14.8. The highest BCUT2D eigenvalue weighted by Crippen LogP contribution is 2.61. The predicted octanol–water partition coefficient (Wildman–Crippen LogP) is 4.18. The van der Waals surface area contributed by atoms with Crippen molar-refractivity contribution in [3.8, 4) is 17.0 Å². The Morgan fingerprint density at radius 1 is 1.29 bits per heavy atom. The van der Waals surface area contributed by atoms with Gasteiger partial charge in [-0.05, 0) is 44.7 Å². The first-order chi connectivity index (χ1) is 16.2. The molecule has 2 N–H and O–H groups in total. The number of halogens is 3. The minimum absolute atomic E-state index is 0.0924. The van der Waals surface area contributed by atoms with Crippen molar-refractivity contribution in [1.29, 1.82) is 0 Å². The first-order valence-electron chi connectivity index (χ1n) is 11.6. The van der Waals surface area contributed by atoms with Crippen LogP contribution in [0.25, 0.3) is 11.3 Å². The van der Waals surface area contributed by atoms with Gasteiger partial charge in [0.05, 0.1) is 12.3 Å². The number of likely N-dealkylation sites (tertiary alicyclic amines) is 1. The third-order valence-corrected chi connectivity index (χ3v) is 7.13. The van der Waals surface area contributed by atoms with Crippen molar-refractivity contribution in [1.82, 2.24) is 19.7 Å². The minimum atomic E-state index is -2.98. The fraction of sp³-hybridized carbons (Fsp3) is 0.583. The number of allylic oxidation sites excluding steroid dienone is 1. The maximum absolute atomic E-state index is 14.8. The van der Waals surface area contributed by atoms with Gasteiger partial charge in [-0.15, -0.1) is 0 Å². The van der Waals surface area contributed by atoms with Crippen molar-refractivity contribution in [3.05, 3.63) is 35.7 Å². The fourth-order valence-electron chi connectivity index (χ4n) is 5.53. The van der Waals surface area contributed by atoms with Gasteiger partial charge in [-0.3, -0.25) is 9.58 Å². The fourth-order valence-corrected chi connectivity index (χ4v) is 5.53. The molecule has 0 radical (unpaired) electrons. The van der Waals surface area contributed by atoms with E-state index in [0.29, 0.717) is 30.1 Å². The van der Waals surface area contributed by atoms with E-state index in [1.807, 2.05) is 10.7 Å². The topological polar surface area (TPSA) is 78.4 Å². The molecule has 2 aromatic rings. The number of nitrogens with two attached hydrogens (primary N) is 1. The summed E-state index contributed by atoms with van der Waals surface area (Å²) in [5.74, 6) is 0.441. The lowest BCUT2D eigenvalue weighted by Gasteiger charge is -2.25. The van der Waals surface area contributed by atoms with Gasteiger partial charge < -0.3 is 15.2 Å². The first kappa shape index (κ1) is 23.2. The molecule has 1 aliphatic heterocycles. The van der Waals surface area contributed by atoms with E-state index in [1.165, 1.54) is 17.8 Å². The number of ether oxygens (including phenoxy) is 2. The molecule has 3 unspecified atom stereocenters. The Hall–Kier alpha value is -2.59. The Balaban J connectivity index is 1.36. The molecular weight excluding hydrogens is 447 g/mol. The zero-order valence-electron chi connectivity index (χ0n) is 19.5. The number of anilines is 1. The Bertz CT molecular complexity index is 1100. The summed E-state index contributed by atoms with van der Waals surface area (Å²) in [5.41, 5.74) is 8.09. The Morgan fingerprint density at radius 2 is 2.09 bits per heavy atom. The molecule has 7 nitrogen and oxygen atoms in total. The van der Waals surface area contributed by atoms with E-state index in [0.717, 1.165) is 18.7 Å². The monoisotopic (exact) mass is 477 g/mol. The zero-order valence-corrected chi connectivity index (χ0v) is 19.5. The molecule has 2 fully saturated rings. The largest absolute Gasteiger partial charge is 0.431 e. The third-order valence-electron chi connectivity index (χ3n) is 7.13. The minimum Gasteiger partial charge on any atom is -0.431 e. The van der Waals surface area contributed by atoms with E-state index < -0.39 is 12.3 Å². The van der Waals surface area contributed by atoms with Gasteiger partial charge in [-0.25, -0.2) is 9.37 Å². The molecular formula is C24H30F3N5O2. The number of hydrogen-bond donors (Lipinski definition) is 1. The number of alkyl halides is 3. The van der Waals surface area contributed by atoms with Crippen molar-refractivity contribution in [2.75, 3.05) is 32.5 Å². The number of methoxy groups -OCH3 is 1. The van der Waals surface area contributed by atoms with Crippen LogP contribution in [0.2, 0.25) is 0 Å². The number of nitrogen functional groups attached to an aromatic ring is 1. The lowest BCUT2D eigenvalue weighted by atomic mass is 10.1. The third kappa shape index (κ3) is 4.17. The summed E-state index contributed by atoms with van der Waals surface area (Å²) >= 11 is 0. The molecule has 1 saturated carbocycles. The number of fused-ring (bicyclic) bond motifs is 1. The van der Waals surface area contributed by atoms with Gasteiger partial charge in [0.2, 0.25) is 0 Å². The van der Waals surface area contributed by atoms with Crippen LogP contribution >= 0.6 is 0 Å². The quantitative estimate of drug-likeness (QED) is 0.575. The summed E-state index contributed by atoms with van der Waals surface area (Å²) in [4.78, 5) is 6.23. The zero-order chi connectivity index (χ0) is 24.2. The number of aromatic nitrogens is 3. The van der Waals surface area contributed by atoms with Gasteiger partial charge in [0.25, 0.3) is 0 Å². The van der Waals surface area contributed by atoms with E-state index in [4.69, 9.17) is 15.6 Å². The van der Waals surface area contributed by atoms with Gasteiger partial charge in [0.1, 0.15) is 5.67 Å². The van der Waals surface area contributed by atoms with Crippen LogP contribution < -0.4 is 10.5 Å². The second-order valence-electron chi connectivity index (χ2n) is 9.84. The lowest BCUT2D eigenvalue weighted by Crippen LogP contribution is -2.37. The van der Waals surface area contributed by atoms with E-state index in [-0.39, 0.29) is 36.2 Å². The normalized spacial score (nSPS) is 28.6. The molecule has 2 aromatic heterocycles. The maximum Gasteiger partial charge on any atom is 0.387 e. The summed E-state index contributed by atoms with van der Waals surface area (Å²) in [6, 6.07) is 3.83. The highest BCUT2D eigenvalue weighted by Gasteiger charge is 2.54. The van der Waals surface area contributed by atoms with Gasteiger partial charge in [-0.2, -0.15) is 13.9 Å². The van der Waals surface area contributed by atoms with Crippen LogP contribution in [-0.4, -0.2) is 64.8 Å². The average molecular weight is 478 g/mol. The standard InChI is InChI=1S/C24H30F3N5O2/c1-13(2)32-19(9-18(30-32)14-6-20(34-23(25)26)22(28)29-10-14)21-16-7-15(8-17(16)21)31-5-4-24(27,11-31)12-33-3/h6-7,9-10,13,15,17,21,23H,4-5,8,11-12H2,1-3H3,(H2,28,29)/t15?,17-,21?,24?/m1/s1. The molecule has 3 aliphatic rings. The summed E-state index contributed by atoms with van der Waals surface area (Å²) in [7, 11) is 1.54. The van der Waals surface area contributed by atoms with E-state index >= 15 is 0 Å². The molecule has 0 aromatic carbocycles. The Labute approximate surface area is 196 Å². The van der Waals surface area contributed by atoms with Crippen LogP contribution in [0.1, 0.15) is 44.3 Å². The molecule has 0 bridgehead atoms. The van der Waals surface area contributed by atoms with Crippen LogP contribution in [0.5, 0.6) is 5.75 Å². The van der Waals surface area contributed by atoms with Crippen molar-refractivity contribution < 1.29 is 22.6 Å². The summed E-state index contributed by atoms with van der Waals surface area (Å²) in [5, 5.41) is 4.75. The molecule has 184 valence electrons. The molecule has 0 amide bonds. The van der Waals surface area contributed by atoms with Crippen LogP contribution in [0.4, 0.5) is 19.0 Å². The second-order valence-corrected chi connectivity index (χ2v) is 9.84. The number of nitrogens with zero attached hydrogens (tertiary/aromatic N) is 4. The van der Waals surface area contributed by atoms with E-state index in [1.54, 1.807) is 7.11 Å². The van der Waals surface area contributed by atoms with E-state index in [2.05, 4.69) is 34.5 Å². The molecule has 3 heterocycles. The van der Waals surface area contributed by atoms with Crippen molar-refractivity contribution in [2.45, 2.75) is 57.0 Å². The summed E-state index contributed by atoms with van der Waals surface area (Å²) < 4.78 is 51.8. The number of hydrogen-bond acceptors (Lipinski definition) is 6. The summed E-state index contributed by atoms with van der Waals surface area (Å²) in [6.07, 6.45) is 5.29. The van der Waals surface area contributed by atoms with Crippen LogP contribution in [0, 0.1) is 5.92 Å². The smallest absolute Gasteiger partial charge is 0.387 e. The number of pyridine rings is 1. The van der Waals surface area contributed by atoms with E-state index in [9.17, 15) is 13.2 Å². The molecule has 2 aliphatic carbocycles. The molecule has 5 rings (SSSR count). The van der Waals surface area contributed by atoms with Gasteiger partial charge in [-0.1, -0.05) is 11.6 Å². The van der Waals surface area contributed by atoms with Crippen LogP contribution in [0.3, 0.4) is 0 Å². The predicted molar refractivity (Wildman–Crippen MR) is 122 cm³/mol. The van der Waals surface area contributed by atoms with Crippen molar-refractivity contribution >= 4 is 5.82 Å². The van der Waals surface area contributed by atoms with Gasteiger partial charge >= 0.3 is 6.61 Å². The molecule has 10 heteroatoms.